The molecule has 0 aliphatic heterocycles. The average molecular weight is 483 g/mol. The first-order valence-electron chi connectivity index (χ1n) is 9.71. The van der Waals surface area contributed by atoms with Crippen molar-refractivity contribution in [2.45, 2.75) is 80.1 Å². The largest absolute Gasteiger partial charge is 0.288 e. The van der Waals surface area contributed by atoms with Crippen LogP contribution in [0.2, 0.25) is 0 Å². The van der Waals surface area contributed by atoms with Crippen molar-refractivity contribution in [3.8, 4) is 0 Å². The maximum atomic E-state index is 8.59. The van der Waals surface area contributed by atoms with E-state index in [1.54, 1.807) is 0 Å². The Morgan fingerprint density at radius 2 is 0.680 bits per heavy atom. The zero-order valence-electron chi connectivity index (χ0n) is 17.5. The van der Waals surface area contributed by atoms with Gasteiger partial charge in [-0.15, -0.1) is 32.8 Å². The summed E-state index contributed by atoms with van der Waals surface area (Å²) in [5, 5.41) is 0. The van der Waals surface area contributed by atoms with E-state index in [4.69, 9.17) is 13.0 Å². The number of hydrogen-bond acceptors (Lipinski definition) is 2. The van der Waals surface area contributed by atoms with Crippen LogP contribution >= 0.6 is 32.8 Å². The van der Waals surface area contributed by atoms with Crippen molar-refractivity contribution < 1.29 is 13.0 Å². The molecule has 0 saturated heterocycles. The molecule has 0 amide bonds. The Kier molecular flexibility index (Phi) is 40.6. The molecule has 0 aliphatic rings. The highest BCUT2D eigenvalue weighted by Gasteiger charge is 2.03. The van der Waals surface area contributed by atoms with E-state index in [0.29, 0.717) is 15.8 Å². The minimum absolute atomic E-state index is 0. The van der Waals surface area contributed by atoms with Gasteiger partial charge in [0.2, 0.25) is 0 Å². The third-order valence-electron chi connectivity index (χ3n) is 3.24. The van der Waals surface area contributed by atoms with Gasteiger partial charge < -0.3 is 0 Å². The summed E-state index contributed by atoms with van der Waals surface area (Å²) >= 11 is 0. The molecule has 0 saturated carbocycles. The van der Waals surface area contributed by atoms with E-state index in [1.165, 1.54) is 75.5 Å². The summed E-state index contributed by atoms with van der Waals surface area (Å²) in [6.45, 7) is 13.8. The number of thiol groups is 1. The molecule has 158 valence electrons. The van der Waals surface area contributed by atoms with Gasteiger partial charge in [0.25, 0.3) is 11.0 Å². The van der Waals surface area contributed by atoms with Crippen LogP contribution in [0.5, 0.6) is 0 Å². The highest BCUT2D eigenvalue weighted by molar-refractivity contribution is 8.93. The van der Waals surface area contributed by atoms with Gasteiger partial charge in [-0.05, 0) is 37.0 Å². The molecule has 1 N–H and O–H groups in total. The monoisotopic (exact) mass is 482 g/mol. The molecule has 0 aromatic heterocycles. The van der Waals surface area contributed by atoms with Gasteiger partial charge in [0.15, 0.2) is 0 Å². The maximum absolute atomic E-state index is 8.59. The minimum Gasteiger partial charge on any atom is -0.288 e. The molecule has 0 aromatic carbocycles. The van der Waals surface area contributed by atoms with Crippen molar-refractivity contribution in [3.63, 3.8) is 0 Å². The van der Waals surface area contributed by atoms with Gasteiger partial charge in [0, 0.05) is 0 Å². The van der Waals surface area contributed by atoms with E-state index in [2.05, 4.69) is 41.5 Å². The van der Waals surface area contributed by atoms with Crippen LogP contribution in [0, 0.1) is 0 Å². The van der Waals surface area contributed by atoms with Crippen LogP contribution in [0.25, 0.3) is 0 Å². The SMILES string of the molecule is Br.CCCP(CCC)CCC.CCCP(CCC)CCC.O=[SH](=O)O. The number of hydrogen-bond donors (Lipinski definition) is 2. The molecule has 3 nitrogen and oxygen atoms in total. The predicted octanol–water partition coefficient (Wildman–Crippen LogP) is 7.05. The smallest absolute Gasteiger partial charge is 0.254 e. The summed E-state index contributed by atoms with van der Waals surface area (Å²) < 4.78 is 24.2. The molecule has 0 bridgehead atoms. The average Bonchev–Trinajstić information content (AvgIpc) is 2.49. The van der Waals surface area contributed by atoms with E-state index in [1.807, 2.05) is 0 Å². The van der Waals surface area contributed by atoms with Crippen molar-refractivity contribution in [2.24, 2.45) is 0 Å². The van der Waals surface area contributed by atoms with E-state index in [9.17, 15) is 0 Å². The highest BCUT2D eigenvalue weighted by atomic mass is 79.9. The lowest BCUT2D eigenvalue weighted by Gasteiger charge is -2.13. The normalized spacial score (nSPS) is 10.0. The highest BCUT2D eigenvalue weighted by Crippen LogP contribution is 2.37. The van der Waals surface area contributed by atoms with Crippen molar-refractivity contribution >= 4 is 43.8 Å². The summed E-state index contributed by atoms with van der Waals surface area (Å²) in [6, 6.07) is 0. The maximum Gasteiger partial charge on any atom is 0.254 e. The summed E-state index contributed by atoms with van der Waals surface area (Å²) in [6.07, 6.45) is 17.4. The van der Waals surface area contributed by atoms with Crippen molar-refractivity contribution in [1.29, 1.82) is 0 Å². The zero-order valence-corrected chi connectivity index (χ0v) is 21.9. The quantitative estimate of drug-likeness (QED) is 0.178. The van der Waals surface area contributed by atoms with Gasteiger partial charge in [0.1, 0.15) is 0 Å². The lowest BCUT2D eigenvalue weighted by molar-refractivity contribution is 0.509. The second-order valence-corrected chi connectivity index (χ2v) is 11.8. The molecule has 0 heterocycles. The molecule has 0 unspecified atom stereocenters. The molecule has 0 rings (SSSR count). The molecule has 0 atom stereocenters. The molecule has 25 heavy (non-hydrogen) atoms. The van der Waals surface area contributed by atoms with Crippen LogP contribution in [-0.4, -0.2) is 49.9 Å². The lowest BCUT2D eigenvalue weighted by Crippen LogP contribution is -1.92. The van der Waals surface area contributed by atoms with E-state index in [-0.39, 0.29) is 17.0 Å². The molecule has 0 spiro atoms. The molecular weight excluding hydrogens is 438 g/mol. The summed E-state index contributed by atoms with van der Waals surface area (Å²) in [7, 11) is -2.24. The zero-order chi connectivity index (χ0) is 19.2. The van der Waals surface area contributed by atoms with Gasteiger partial charge in [-0.25, -0.2) is 8.42 Å². The Morgan fingerprint density at radius 1 is 0.560 bits per heavy atom. The van der Waals surface area contributed by atoms with Crippen LogP contribution in [0.1, 0.15) is 80.1 Å². The van der Waals surface area contributed by atoms with Gasteiger partial charge in [-0.1, -0.05) is 80.1 Å². The fourth-order valence-electron chi connectivity index (χ4n) is 2.57. The first kappa shape index (κ1) is 33.8. The fraction of sp³-hybridized carbons (Fsp3) is 1.00. The first-order chi connectivity index (χ1) is 11.4. The lowest BCUT2D eigenvalue weighted by atomic mass is 10.6. The predicted molar refractivity (Wildman–Crippen MR) is 128 cm³/mol. The third-order valence-corrected chi connectivity index (χ3v) is 9.72. The molecule has 7 heteroatoms. The Bertz CT molecular complexity index is 239. The van der Waals surface area contributed by atoms with Crippen molar-refractivity contribution in [3.05, 3.63) is 0 Å². The minimum atomic E-state index is -3.12. The van der Waals surface area contributed by atoms with Crippen molar-refractivity contribution in [2.75, 3.05) is 37.0 Å². The van der Waals surface area contributed by atoms with E-state index >= 15 is 0 Å². The Balaban J connectivity index is -0.000000141. The number of rotatable bonds is 12. The summed E-state index contributed by atoms with van der Waals surface area (Å²) in [5.74, 6) is 0. The molecule has 0 radical (unpaired) electrons. The van der Waals surface area contributed by atoms with Gasteiger partial charge in [0.05, 0.1) is 0 Å². The van der Waals surface area contributed by atoms with E-state index in [0.717, 1.165) is 0 Å². The van der Waals surface area contributed by atoms with Crippen LogP contribution in [0.4, 0.5) is 0 Å². The summed E-state index contributed by atoms with van der Waals surface area (Å²) in [4.78, 5) is 0. The van der Waals surface area contributed by atoms with Gasteiger partial charge in [-0.3, -0.25) is 4.55 Å². The Morgan fingerprint density at radius 3 is 0.760 bits per heavy atom. The topological polar surface area (TPSA) is 54.4 Å². The second-order valence-electron chi connectivity index (χ2n) is 5.92. The van der Waals surface area contributed by atoms with Crippen molar-refractivity contribution in [1.82, 2.24) is 0 Å². The Labute approximate surface area is 173 Å². The fourth-order valence-corrected chi connectivity index (χ4v) is 7.70. The second kappa shape index (κ2) is 30.0. The van der Waals surface area contributed by atoms with Gasteiger partial charge >= 0.3 is 0 Å². The summed E-state index contributed by atoms with van der Waals surface area (Å²) in [5.41, 5.74) is 0. The Hall–Kier alpha value is 1.25. The van der Waals surface area contributed by atoms with Gasteiger partial charge in [-0.2, -0.15) is 0 Å². The van der Waals surface area contributed by atoms with Crippen LogP contribution in [0.3, 0.4) is 0 Å². The van der Waals surface area contributed by atoms with Crippen LogP contribution in [-0.2, 0) is 11.0 Å². The molecular formula is C18H45BrO3P2S. The van der Waals surface area contributed by atoms with E-state index < -0.39 is 11.0 Å². The molecule has 0 aliphatic carbocycles. The third kappa shape index (κ3) is 36.8. The molecule has 0 aromatic rings. The van der Waals surface area contributed by atoms with Crippen LogP contribution < -0.4 is 0 Å². The van der Waals surface area contributed by atoms with Crippen LogP contribution in [0.15, 0.2) is 0 Å². The standard InChI is InChI=1S/2C9H21P.BrH.H2O3S/c2*1-4-7-10(8-5-2)9-6-3;;1-4(2)3/h2*4-9H2,1-3H3;1H;4H,(H,1,2,3). The first-order valence-corrected chi connectivity index (χ1v) is 14.6. The number of halogens is 1. The molecule has 0 fully saturated rings.